The van der Waals surface area contributed by atoms with E-state index in [0.717, 1.165) is 22.0 Å². The topological polar surface area (TPSA) is 82.7 Å². The minimum Gasteiger partial charge on any atom is -0.466 e. The maximum Gasteiger partial charge on any atom is 0.306 e. The van der Waals surface area contributed by atoms with Gasteiger partial charge in [-0.1, -0.05) is 61.3 Å². The fraction of sp³-hybridized carbons (Fsp3) is 0.414. The lowest BCUT2D eigenvalue weighted by molar-refractivity contribution is -0.146. The minimum atomic E-state index is -0.420. The lowest BCUT2D eigenvalue weighted by Gasteiger charge is -2.29. The van der Waals surface area contributed by atoms with E-state index in [1.54, 1.807) is 28.9 Å². The number of para-hydroxylation sites is 1. The van der Waals surface area contributed by atoms with Crippen LogP contribution in [0.4, 0.5) is 0 Å². The van der Waals surface area contributed by atoms with E-state index in [4.69, 9.17) is 27.9 Å². The van der Waals surface area contributed by atoms with Gasteiger partial charge in [0.05, 0.1) is 29.6 Å². The van der Waals surface area contributed by atoms with Gasteiger partial charge < -0.3 is 19.5 Å². The van der Waals surface area contributed by atoms with Gasteiger partial charge in [0.15, 0.2) is 0 Å². The minimum absolute atomic E-state index is 0.000957. The van der Waals surface area contributed by atoms with E-state index in [0.29, 0.717) is 36.1 Å². The van der Waals surface area contributed by atoms with Crippen LogP contribution in [0.3, 0.4) is 0 Å². The SMILES string of the molecule is CCOC(=O)CCC(=O)N(CC(=O)N(CCc1c[nH]c2ccccc12)Cc1ccc(Cl)c(Cl)c1)CC(C)C. The summed E-state index contributed by atoms with van der Waals surface area (Å²) in [6.45, 7) is 7.08. The standard InChI is InChI=1S/C29H35Cl2N3O4/c1-4-38-29(37)12-11-27(35)34(17-20(2)3)19-28(36)33(18-21-9-10-24(30)25(31)15-21)14-13-22-16-32-26-8-6-5-7-23(22)26/h5-10,15-16,20,32H,4,11-14,17-19H2,1-3H3. The van der Waals surface area contributed by atoms with Gasteiger partial charge in [-0.2, -0.15) is 0 Å². The highest BCUT2D eigenvalue weighted by Gasteiger charge is 2.23. The second-order valence-corrected chi connectivity index (χ2v) is 10.5. The molecule has 0 saturated carbocycles. The van der Waals surface area contributed by atoms with Crippen molar-refractivity contribution in [2.24, 2.45) is 5.92 Å². The number of benzene rings is 2. The zero-order valence-corrected chi connectivity index (χ0v) is 23.6. The van der Waals surface area contributed by atoms with Crippen LogP contribution >= 0.6 is 23.2 Å². The number of rotatable bonds is 13. The smallest absolute Gasteiger partial charge is 0.306 e. The summed E-state index contributed by atoms with van der Waals surface area (Å²) in [7, 11) is 0. The van der Waals surface area contributed by atoms with Crippen molar-refractivity contribution in [1.82, 2.24) is 14.8 Å². The van der Waals surface area contributed by atoms with Crippen molar-refractivity contribution in [2.45, 2.75) is 46.6 Å². The monoisotopic (exact) mass is 559 g/mol. The maximum absolute atomic E-state index is 13.6. The first-order valence-electron chi connectivity index (χ1n) is 12.9. The lowest BCUT2D eigenvalue weighted by Crippen LogP contribution is -2.44. The predicted molar refractivity (Wildman–Crippen MR) is 151 cm³/mol. The van der Waals surface area contributed by atoms with E-state index >= 15 is 0 Å². The van der Waals surface area contributed by atoms with Crippen molar-refractivity contribution in [3.63, 3.8) is 0 Å². The molecule has 0 radical (unpaired) electrons. The average Bonchev–Trinajstić information content (AvgIpc) is 3.29. The molecule has 2 amide bonds. The molecule has 1 heterocycles. The predicted octanol–water partition coefficient (Wildman–Crippen LogP) is 5.87. The number of aromatic nitrogens is 1. The Morgan fingerprint density at radius 3 is 2.45 bits per heavy atom. The Morgan fingerprint density at radius 2 is 1.74 bits per heavy atom. The van der Waals surface area contributed by atoms with Gasteiger partial charge in [0.2, 0.25) is 11.8 Å². The second-order valence-electron chi connectivity index (χ2n) is 9.65. The molecule has 0 unspecified atom stereocenters. The van der Waals surface area contributed by atoms with Crippen molar-refractivity contribution in [2.75, 3.05) is 26.2 Å². The van der Waals surface area contributed by atoms with E-state index in [9.17, 15) is 14.4 Å². The number of esters is 1. The fourth-order valence-corrected chi connectivity index (χ4v) is 4.62. The molecule has 0 aliphatic carbocycles. The Bertz CT molecular complexity index is 1260. The number of halogens is 2. The molecule has 0 atom stereocenters. The molecule has 0 bridgehead atoms. The highest BCUT2D eigenvalue weighted by molar-refractivity contribution is 6.42. The van der Waals surface area contributed by atoms with E-state index in [1.807, 2.05) is 44.3 Å². The third-order valence-electron chi connectivity index (χ3n) is 6.15. The number of fused-ring (bicyclic) bond motifs is 1. The average molecular weight is 561 g/mol. The molecular weight excluding hydrogens is 525 g/mol. The molecule has 2 aromatic carbocycles. The van der Waals surface area contributed by atoms with E-state index in [1.165, 1.54) is 0 Å². The first-order chi connectivity index (χ1) is 18.2. The van der Waals surface area contributed by atoms with Crippen molar-refractivity contribution >= 4 is 51.9 Å². The number of ether oxygens (including phenoxy) is 1. The van der Waals surface area contributed by atoms with Crippen LogP contribution in [0.1, 0.15) is 44.7 Å². The van der Waals surface area contributed by atoms with Crippen molar-refractivity contribution in [3.8, 4) is 0 Å². The Morgan fingerprint density at radius 1 is 0.974 bits per heavy atom. The highest BCUT2D eigenvalue weighted by atomic mass is 35.5. The summed E-state index contributed by atoms with van der Waals surface area (Å²) in [4.78, 5) is 45.0. The Hall–Kier alpha value is -3.03. The van der Waals surface area contributed by atoms with Crippen LogP contribution in [0.2, 0.25) is 10.0 Å². The Balaban J connectivity index is 1.77. The summed E-state index contributed by atoms with van der Waals surface area (Å²) >= 11 is 12.3. The number of nitrogens with zero attached hydrogens (tertiary/aromatic N) is 2. The van der Waals surface area contributed by atoms with Gasteiger partial charge >= 0.3 is 5.97 Å². The fourth-order valence-electron chi connectivity index (χ4n) is 4.30. The summed E-state index contributed by atoms with van der Waals surface area (Å²) in [5, 5.41) is 1.98. The molecule has 0 spiro atoms. The van der Waals surface area contributed by atoms with E-state index < -0.39 is 5.97 Å². The van der Waals surface area contributed by atoms with Crippen LogP contribution in [-0.4, -0.2) is 58.8 Å². The van der Waals surface area contributed by atoms with Crippen LogP contribution < -0.4 is 0 Å². The molecule has 3 rings (SSSR count). The van der Waals surface area contributed by atoms with Gasteiger partial charge in [0, 0.05) is 43.2 Å². The molecule has 0 fully saturated rings. The van der Waals surface area contributed by atoms with Crippen molar-refractivity contribution in [3.05, 3.63) is 69.8 Å². The van der Waals surface area contributed by atoms with Crippen LogP contribution in [0, 0.1) is 5.92 Å². The number of aromatic amines is 1. The van der Waals surface area contributed by atoms with Gasteiger partial charge in [-0.05, 0) is 48.6 Å². The molecule has 1 aromatic heterocycles. The van der Waals surface area contributed by atoms with E-state index in [-0.39, 0.29) is 43.7 Å². The normalized spacial score (nSPS) is 11.1. The van der Waals surface area contributed by atoms with Gasteiger partial charge in [0.25, 0.3) is 0 Å². The van der Waals surface area contributed by atoms with Crippen LogP contribution in [0.5, 0.6) is 0 Å². The van der Waals surface area contributed by atoms with Gasteiger partial charge in [0.1, 0.15) is 0 Å². The highest BCUT2D eigenvalue weighted by Crippen LogP contribution is 2.24. The number of carbonyl (C=O) groups is 3. The quantitative estimate of drug-likeness (QED) is 0.265. The van der Waals surface area contributed by atoms with Crippen molar-refractivity contribution < 1.29 is 19.1 Å². The molecule has 204 valence electrons. The van der Waals surface area contributed by atoms with E-state index in [2.05, 4.69) is 11.1 Å². The Labute approximate surface area is 234 Å². The Kier molecular flexibility index (Phi) is 11.0. The molecular formula is C29H35Cl2N3O4. The number of amides is 2. The van der Waals surface area contributed by atoms with Gasteiger partial charge in [-0.3, -0.25) is 14.4 Å². The largest absolute Gasteiger partial charge is 0.466 e. The number of carbonyl (C=O) groups excluding carboxylic acids is 3. The molecule has 0 aliphatic rings. The van der Waals surface area contributed by atoms with Crippen LogP contribution in [-0.2, 0) is 32.1 Å². The third-order valence-corrected chi connectivity index (χ3v) is 6.89. The number of H-pyrrole nitrogens is 1. The summed E-state index contributed by atoms with van der Waals surface area (Å²) in [6.07, 6.45) is 2.60. The lowest BCUT2D eigenvalue weighted by atomic mass is 10.1. The summed E-state index contributed by atoms with van der Waals surface area (Å²) < 4.78 is 4.95. The second kappa shape index (κ2) is 14.2. The zero-order chi connectivity index (χ0) is 27.7. The molecule has 1 N–H and O–H groups in total. The van der Waals surface area contributed by atoms with Crippen molar-refractivity contribution in [1.29, 1.82) is 0 Å². The first-order valence-corrected chi connectivity index (χ1v) is 13.6. The summed E-state index contributed by atoms with van der Waals surface area (Å²) in [5.41, 5.74) is 2.99. The van der Waals surface area contributed by atoms with Gasteiger partial charge in [-0.15, -0.1) is 0 Å². The zero-order valence-electron chi connectivity index (χ0n) is 22.1. The molecule has 0 saturated heterocycles. The van der Waals surface area contributed by atoms with Crippen LogP contribution in [0.25, 0.3) is 10.9 Å². The van der Waals surface area contributed by atoms with Gasteiger partial charge in [-0.25, -0.2) is 0 Å². The molecule has 9 heteroatoms. The third kappa shape index (κ3) is 8.50. The number of nitrogens with one attached hydrogen (secondary N) is 1. The summed E-state index contributed by atoms with van der Waals surface area (Å²) in [6, 6.07) is 13.4. The maximum atomic E-state index is 13.6. The summed E-state index contributed by atoms with van der Waals surface area (Å²) in [5.74, 6) is -0.687. The molecule has 0 aliphatic heterocycles. The molecule has 3 aromatic rings. The molecule has 38 heavy (non-hydrogen) atoms. The van der Waals surface area contributed by atoms with Crippen LogP contribution in [0.15, 0.2) is 48.7 Å². The number of hydrogen-bond acceptors (Lipinski definition) is 4. The number of hydrogen-bond donors (Lipinski definition) is 1. The first kappa shape index (κ1) is 29.5. The molecule has 7 nitrogen and oxygen atoms in total.